The molecule has 4 rings (SSSR count). The van der Waals surface area contributed by atoms with Crippen LogP contribution in [-0.2, 0) is 18.8 Å². The van der Waals surface area contributed by atoms with E-state index in [-0.39, 0.29) is 24.3 Å². The first kappa shape index (κ1) is 27.4. The molecule has 3 aliphatic heterocycles. The van der Waals surface area contributed by atoms with Crippen molar-refractivity contribution in [3.05, 3.63) is 24.3 Å². The van der Waals surface area contributed by atoms with E-state index in [1.54, 1.807) is 0 Å². The molecule has 3 aliphatic rings. The average molecular weight is 500 g/mol. The first-order chi connectivity index (χ1) is 16.8. The van der Waals surface area contributed by atoms with E-state index >= 15 is 0 Å². The van der Waals surface area contributed by atoms with Gasteiger partial charge in [0.25, 0.3) is 0 Å². The predicted molar refractivity (Wildman–Crippen MR) is 146 cm³/mol. The highest BCUT2D eigenvalue weighted by Crippen LogP contribution is 2.36. The normalized spacial score (nSPS) is 23.8. The number of nitrogens with zero attached hydrogens (tertiary/aromatic N) is 3. The summed E-state index contributed by atoms with van der Waals surface area (Å²) in [6.07, 6.45) is 2.44. The fourth-order valence-corrected chi connectivity index (χ4v) is 5.25. The monoisotopic (exact) mass is 499 g/mol. The average Bonchev–Trinajstić information content (AvgIpc) is 3.01. The molecule has 8 heteroatoms. The maximum absolute atomic E-state index is 12.1. The maximum atomic E-state index is 12.1. The summed E-state index contributed by atoms with van der Waals surface area (Å²) in [6.45, 7) is 21.8. The molecule has 0 aromatic heterocycles. The molecule has 0 amide bonds. The van der Waals surface area contributed by atoms with Crippen LogP contribution in [0.25, 0.3) is 0 Å². The van der Waals surface area contributed by atoms with Crippen molar-refractivity contribution in [3.63, 3.8) is 0 Å². The summed E-state index contributed by atoms with van der Waals surface area (Å²) in [5.74, 6) is 0.620. The number of piperidine rings is 1. The standard InChI is InChI=1S/C28H46BN3O4/c1-26(2,3)34-25(33)21-31-18-16-30(17-19-31)20-22-12-14-32(15-13-22)24-10-8-23(9-11-24)29-35-27(4,5)28(6,7)36-29/h8-11,22H,12-21H2,1-7H3. The zero-order valence-corrected chi connectivity index (χ0v) is 23.5. The molecule has 0 spiro atoms. The Balaban J connectivity index is 1.18. The molecule has 200 valence electrons. The molecule has 0 bridgehead atoms. The third kappa shape index (κ3) is 6.83. The number of carbonyl (C=O) groups is 1. The van der Waals surface area contributed by atoms with Gasteiger partial charge in [-0.25, -0.2) is 0 Å². The lowest BCUT2D eigenvalue weighted by Crippen LogP contribution is -2.50. The molecular formula is C28H46BN3O4. The molecule has 0 aliphatic carbocycles. The molecule has 0 atom stereocenters. The summed E-state index contributed by atoms with van der Waals surface area (Å²) in [6, 6.07) is 8.73. The van der Waals surface area contributed by atoms with Crippen molar-refractivity contribution in [1.29, 1.82) is 0 Å². The molecule has 1 aromatic rings. The fraction of sp³-hybridized carbons (Fsp3) is 0.750. The van der Waals surface area contributed by atoms with Gasteiger partial charge < -0.3 is 23.8 Å². The highest BCUT2D eigenvalue weighted by molar-refractivity contribution is 6.62. The Morgan fingerprint density at radius 1 is 0.917 bits per heavy atom. The van der Waals surface area contributed by atoms with E-state index < -0.39 is 5.60 Å². The third-order valence-electron chi connectivity index (χ3n) is 8.15. The molecule has 3 fully saturated rings. The smallest absolute Gasteiger partial charge is 0.459 e. The topological polar surface area (TPSA) is 54.5 Å². The predicted octanol–water partition coefficient (Wildman–Crippen LogP) is 3.16. The number of piperazine rings is 1. The van der Waals surface area contributed by atoms with Crippen LogP contribution in [0.15, 0.2) is 24.3 Å². The minimum Gasteiger partial charge on any atom is -0.459 e. The van der Waals surface area contributed by atoms with Crippen LogP contribution in [0.4, 0.5) is 5.69 Å². The number of benzene rings is 1. The second-order valence-corrected chi connectivity index (χ2v) is 12.8. The maximum Gasteiger partial charge on any atom is 0.494 e. The van der Waals surface area contributed by atoms with Gasteiger partial charge in [-0.15, -0.1) is 0 Å². The Morgan fingerprint density at radius 2 is 1.44 bits per heavy atom. The van der Waals surface area contributed by atoms with Crippen molar-refractivity contribution in [2.45, 2.75) is 78.1 Å². The van der Waals surface area contributed by atoms with Gasteiger partial charge in [-0.05, 0) is 84.8 Å². The number of hydrogen-bond donors (Lipinski definition) is 0. The summed E-state index contributed by atoms with van der Waals surface area (Å²) in [5, 5.41) is 0. The van der Waals surface area contributed by atoms with Crippen LogP contribution in [0, 0.1) is 5.92 Å². The lowest BCUT2D eigenvalue weighted by atomic mass is 9.79. The minimum absolute atomic E-state index is 0.118. The highest BCUT2D eigenvalue weighted by Gasteiger charge is 2.51. The van der Waals surface area contributed by atoms with Crippen LogP contribution in [-0.4, -0.2) is 92.0 Å². The van der Waals surface area contributed by atoms with Gasteiger partial charge in [-0.2, -0.15) is 0 Å². The van der Waals surface area contributed by atoms with Crippen molar-refractivity contribution in [1.82, 2.24) is 9.80 Å². The van der Waals surface area contributed by atoms with E-state index in [0.29, 0.717) is 6.54 Å². The first-order valence-electron chi connectivity index (χ1n) is 13.7. The van der Waals surface area contributed by atoms with Crippen LogP contribution in [0.3, 0.4) is 0 Å². The summed E-state index contributed by atoms with van der Waals surface area (Å²) >= 11 is 0. The second-order valence-electron chi connectivity index (χ2n) is 12.8. The lowest BCUT2D eigenvalue weighted by Gasteiger charge is -2.39. The number of ether oxygens (including phenoxy) is 1. The SMILES string of the molecule is CC(C)(C)OC(=O)CN1CCN(CC2CCN(c3ccc(B4OC(C)(C)C(C)(C)O4)cc3)CC2)CC1. The number of rotatable bonds is 6. The number of carbonyl (C=O) groups excluding carboxylic acids is 1. The second kappa shape index (κ2) is 10.6. The molecule has 1 aromatic carbocycles. The van der Waals surface area contributed by atoms with Gasteiger partial charge in [0.1, 0.15) is 5.60 Å². The van der Waals surface area contributed by atoms with Gasteiger partial charge in [-0.1, -0.05) is 12.1 Å². The zero-order valence-electron chi connectivity index (χ0n) is 23.5. The van der Waals surface area contributed by atoms with Gasteiger partial charge in [0.05, 0.1) is 17.7 Å². The summed E-state index contributed by atoms with van der Waals surface area (Å²) in [4.78, 5) is 19.4. The molecule has 36 heavy (non-hydrogen) atoms. The Labute approximate surface area is 218 Å². The fourth-order valence-electron chi connectivity index (χ4n) is 5.25. The van der Waals surface area contributed by atoms with E-state index in [4.69, 9.17) is 14.0 Å². The van der Waals surface area contributed by atoms with E-state index in [1.807, 2.05) is 20.8 Å². The Kier molecular flexibility index (Phi) is 8.11. The van der Waals surface area contributed by atoms with E-state index in [0.717, 1.165) is 57.2 Å². The van der Waals surface area contributed by atoms with Crippen molar-refractivity contribution in [2.75, 3.05) is 57.3 Å². The summed E-state index contributed by atoms with van der Waals surface area (Å²) in [5.41, 5.74) is 1.32. The quantitative estimate of drug-likeness (QED) is 0.440. The molecule has 0 unspecified atom stereocenters. The van der Waals surface area contributed by atoms with Gasteiger partial charge >= 0.3 is 13.1 Å². The van der Waals surface area contributed by atoms with Gasteiger partial charge in [0.15, 0.2) is 0 Å². The molecular weight excluding hydrogens is 453 g/mol. The summed E-state index contributed by atoms with van der Waals surface area (Å²) < 4.78 is 17.9. The number of hydrogen-bond acceptors (Lipinski definition) is 7. The first-order valence-corrected chi connectivity index (χ1v) is 13.7. The number of esters is 1. The van der Waals surface area contributed by atoms with Crippen LogP contribution >= 0.6 is 0 Å². The van der Waals surface area contributed by atoms with Crippen LogP contribution in [0.5, 0.6) is 0 Å². The van der Waals surface area contributed by atoms with Crippen molar-refractivity contribution in [2.24, 2.45) is 5.92 Å². The molecule has 3 heterocycles. The third-order valence-corrected chi connectivity index (χ3v) is 8.15. The largest absolute Gasteiger partial charge is 0.494 e. The zero-order chi connectivity index (χ0) is 26.1. The van der Waals surface area contributed by atoms with Crippen LogP contribution in [0.2, 0.25) is 0 Å². The lowest BCUT2D eigenvalue weighted by molar-refractivity contribution is -0.156. The molecule has 7 nitrogen and oxygen atoms in total. The van der Waals surface area contributed by atoms with Crippen molar-refractivity contribution >= 4 is 24.2 Å². The van der Waals surface area contributed by atoms with Gasteiger partial charge in [0, 0.05) is 51.5 Å². The molecule has 3 saturated heterocycles. The Bertz CT molecular complexity index is 867. The minimum atomic E-state index is -0.414. The molecule has 0 saturated carbocycles. The summed E-state index contributed by atoms with van der Waals surface area (Å²) in [7, 11) is -0.306. The highest BCUT2D eigenvalue weighted by atomic mass is 16.7. The molecule has 0 radical (unpaired) electrons. The van der Waals surface area contributed by atoms with Crippen LogP contribution in [0.1, 0.15) is 61.3 Å². The van der Waals surface area contributed by atoms with Gasteiger partial charge in [-0.3, -0.25) is 9.69 Å². The Hall–Kier alpha value is -1.61. The van der Waals surface area contributed by atoms with E-state index in [9.17, 15) is 4.79 Å². The van der Waals surface area contributed by atoms with E-state index in [1.165, 1.54) is 18.5 Å². The molecule has 0 N–H and O–H groups in total. The number of anilines is 1. The Morgan fingerprint density at radius 3 is 1.97 bits per heavy atom. The van der Waals surface area contributed by atoms with Gasteiger partial charge in [0.2, 0.25) is 0 Å². The van der Waals surface area contributed by atoms with E-state index in [2.05, 4.69) is 66.7 Å². The van der Waals surface area contributed by atoms with Crippen molar-refractivity contribution in [3.8, 4) is 0 Å². The van der Waals surface area contributed by atoms with Crippen LogP contribution < -0.4 is 10.4 Å². The van der Waals surface area contributed by atoms with Crippen molar-refractivity contribution < 1.29 is 18.8 Å².